The van der Waals surface area contributed by atoms with E-state index in [4.69, 9.17) is 12.2 Å². The average molecular weight is 431 g/mol. The summed E-state index contributed by atoms with van der Waals surface area (Å²) in [7, 11) is 0. The maximum atomic E-state index is 13.4. The van der Waals surface area contributed by atoms with Gasteiger partial charge in [0.1, 0.15) is 5.57 Å². The van der Waals surface area contributed by atoms with Gasteiger partial charge in [-0.25, -0.2) is 0 Å². The molecule has 0 atom stereocenters. The standard InChI is InChI=1S/C24H22N4O2S/c1-4-17-8-5-6-10-21(17)28-23(30)20(22(29)26-24(28)31)13-18-12-15(2)27(16(18)3)19-9-7-11-25-14-19/h5-14H,4H2,1-3H3,(H,26,29,31). The zero-order valence-electron chi connectivity index (χ0n) is 17.5. The van der Waals surface area contributed by atoms with Crippen molar-refractivity contribution in [2.75, 3.05) is 4.90 Å². The zero-order valence-corrected chi connectivity index (χ0v) is 18.4. The van der Waals surface area contributed by atoms with Gasteiger partial charge in [-0.2, -0.15) is 0 Å². The number of para-hydroxylation sites is 1. The fourth-order valence-corrected chi connectivity index (χ4v) is 4.15. The number of aryl methyl sites for hydroxylation is 2. The maximum absolute atomic E-state index is 13.4. The summed E-state index contributed by atoms with van der Waals surface area (Å²) in [6.07, 6.45) is 5.87. The molecule has 3 aromatic rings. The van der Waals surface area contributed by atoms with E-state index in [9.17, 15) is 9.59 Å². The van der Waals surface area contributed by atoms with Gasteiger partial charge in [0.25, 0.3) is 11.8 Å². The molecule has 31 heavy (non-hydrogen) atoms. The van der Waals surface area contributed by atoms with Crippen LogP contribution in [0.3, 0.4) is 0 Å². The van der Waals surface area contributed by atoms with E-state index < -0.39 is 11.8 Å². The Hall–Kier alpha value is -3.58. The molecule has 0 unspecified atom stereocenters. The molecule has 6 nitrogen and oxygen atoms in total. The van der Waals surface area contributed by atoms with Crippen LogP contribution in [0.4, 0.5) is 5.69 Å². The molecule has 0 spiro atoms. The van der Waals surface area contributed by atoms with Crippen molar-refractivity contribution in [2.24, 2.45) is 0 Å². The third kappa shape index (κ3) is 3.68. The minimum absolute atomic E-state index is 0.0472. The number of anilines is 1. The Morgan fingerprint density at radius 2 is 1.90 bits per heavy atom. The predicted octanol–water partition coefficient (Wildman–Crippen LogP) is 3.88. The van der Waals surface area contributed by atoms with Crippen LogP contribution in [-0.4, -0.2) is 26.5 Å². The zero-order chi connectivity index (χ0) is 22.1. The number of amides is 2. The first kappa shape index (κ1) is 20.7. The number of thiocarbonyl (C=S) groups is 1. The van der Waals surface area contributed by atoms with Gasteiger partial charge in [-0.3, -0.25) is 24.8 Å². The van der Waals surface area contributed by atoms with Gasteiger partial charge < -0.3 is 4.57 Å². The summed E-state index contributed by atoms with van der Waals surface area (Å²) in [6.45, 7) is 5.94. The van der Waals surface area contributed by atoms with Crippen molar-refractivity contribution >= 4 is 40.9 Å². The summed E-state index contributed by atoms with van der Waals surface area (Å²) in [5.41, 5.74) is 5.30. The number of pyridine rings is 1. The second kappa shape index (κ2) is 8.28. The summed E-state index contributed by atoms with van der Waals surface area (Å²) in [4.78, 5) is 31.7. The molecule has 1 aromatic carbocycles. The minimum Gasteiger partial charge on any atom is -0.316 e. The Kier molecular flexibility index (Phi) is 5.52. The van der Waals surface area contributed by atoms with E-state index in [0.29, 0.717) is 5.69 Å². The van der Waals surface area contributed by atoms with Gasteiger partial charge in [0.05, 0.1) is 17.6 Å². The molecule has 0 bridgehead atoms. The minimum atomic E-state index is -0.494. The highest BCUT2D eigenvalue weighted by atomic mass is 32.1. The van der Waals surface area contributed by atoms with Gasteiger partial charge in [-0.1, -0.05) is 25.1 Å². The summed E-state index contributed by atoms with van der Waals surface area (Å²) in [5.74, 6) is -0.924. The summed E-state index contributed by atoms with van der Waals surface area (Å²) >= 11 is 5.34. The number of benzene rings is 1. The molecule has 4 rings (SSSR count). The van der Waals surface area contributed by atoms with E-state index >= 15 is 0 Å². The first-order valence-corrected chi connectivity index (χ1v) is 10.4. The first-order valence-electron chi connectivity index (χ1n) is 10.0. The van der Waals surface area contributed by atoms with Crippen LogP contribution < -0.4 is 10.2 Å². The van der Waals surface area contributed by atoms with Crippen LogP contribution in [0.25, 0.3) is 11.8 Å². The lowest BCUT2D eigenvalue weighted by molar-refractivity contribution is -0.122. The van der Waals surface area contributed by atoms with Crippen LogP contribution in [-0.2, 0) is 16.0 Å². The predicted molar refractivity (Wildman–Crippen MR) is 125 cm³/mol. The van der Waals surface area contributed by atoms with E-state index in [1.807, 2.05) is 67.8 Å². The Morgan fingerprint density at radius 1 is 1.13 bits per heavy atom. The van der Waals surface area contributed by atoms with Gasteiger partial charge in [-0.05, 0) is 74.0 Å². The molecule has 156 valence electrons. The van der Waals surface area contributed by atoms with E-state index in [1.165, 1.54) is 4.90 Å². The third-order valence-corrected chi connectivity index (χ3v) is 5.67. The smallest absolute Gasteiger partial charge is 0.270 e. The SMILES string of the molecule is CCc1ccccc1N1C(=O)C(=Cc2cc(C)n(-c3cccnc3)c2C)C(=O)NC1=S. The number of hydrogen-bond donors (Lipinski definition) is 1. The third-order valence-electron chi connectivity index (χ3n) is 5.39. The van der Waals surface area contributed by atoms with Crippen molar-refractivity contribution in [1.82, 2.24) is 14.9 Å². The van der Waals surface area contributed by atoms with Crippen molar-refractivity contribution in [3.63, 3.8) is 0 Å². The highest BCUT2D eigenvalue weighted by Crippen LogP contribution is 2.28. The molecule has 1 saturated heterocycles. The van der Waals surface area contributed by atoms with Crippen LogP contribution >= 0.6 is 12.2 Å². The molecule has 1 N–H and O–H groups in total. The molecule has 3 heterocycles. The van der Waals surface area contributed by atoms with Crippen LogP contribution in [0.1, 0.15) is 29.4 Å². The lowest BCUT2D eigenvalue weighted by Crippen LogP contribution is -2.54. The van der Waals surface area contributed by atoms with Crippen molar-refractivity contribution < 1.29 is 9.59 Å². The fraction of sp³-hybridized carbons (Fsp3) is 0.167. The Bertz CT molecular complexity index is 1230. The summed E-state index contributed by atoms with van der Waals surface area (Å²) in [6, 6.07) is 13.3. The molecular weight excluding hydrogens is 408 g/mol. The molecule has 0 radical (unpaired) electrons. The molecule has 1 fully saturated rings. The van der Waals surface area contributed by atoms with Gasteiger partial charge in [-0.15, -0.1) is 0 Å². The number of rotatable bonds is 4. The topological polar surface area (TPSA) is 67.2 Å². The van der Waals surface area contributed by atoms with Crippen LogP contribution in [0.5, 0.6) is 0 Å². The Morgan fingerprint density at radius 3 is 2.61 bits per heavy atom. The Balaban J connectivity index is 1.78. The van der Waals surface area contributed by atoms with Crippen molar-refractivity contribution in [2.45, 2.75) is 27.2 Å². The van der Waals surface area contributed by atoms with Crippen LogP contribution in [0.2, 0.25) is 0 Å². The highest BCUT2D eigenvalue weighted by Gasteiger charge is 2.35. The maximum Gasteiger partial charge on any atom is 0.270 e. The fourth-order valence-electron chi connectivity index (χ4n) is 3.88. The molecule has 1 aliphatic heterocycles. The second-order valence-electron chi connectivity index (χ2n) is 7.31. The summed E-state index contributed by atoms with van der Waals surface area (Å²) < 4.78 is 2.04. The van der Waals surface area contributed by atoms with E-state index in [2.05, 4.69) is 10.3 Å². The normalized spacial score (nSPS) is 15.5. The number of nitrogens with one attached hydrogen (secondary N) is 1. The van der Waals surface area contributed by atoms with Gasteiger partial charge >= 0.3 is 0 Å². The molecule has 0 aliphatic carbocycles. The van der Waals surface area contributed by atoms with E-state index in [0.717, 1.165) is 34.6 Å². The first-order chi connectivity index (χ1) is 14.9. The lowest BCUT2D eigenvalue weighted by Gasteiger charge is -2.30. The molecular formula is C24H22N4O2S. The highest BCUT2D eigenvalue weighted by molar-refractivity contribution is 7.80. The molecule has 1 aliphatic rings. The summed E-state index contributed by atoms with van der Waals surface area (Å²) in [5, 5.41) is 2.76. The van der Waals surface area contributed by atoms with E-state index in [-0.39, 0.29) is 10.7 Å². The van der Waals surface area contributed by atoms with Crippen molar-refractivity contribution in [3.05, 3.63) is 82.9 Å². The largest absolute Gasteiger partial charge is 0.316 e. The van der Waals surface area contributed by atoms with Gasteiger partial charge in [0.2, 0.25) is 0 Å². The number of nitrogens with zero attached hydrogens (tertiary/aromatic N) is 3. The number of aromatic nitrogens is 2. The van der Waals surface area contributed by atoms with Crippen LogP contribution in [0.15, 0.2) is 60.4 Å². The molecule has 7 heteroatoms. The monoisotopic (exact) mass is 430 g/mol. The van der Waals surface area contributed by atoms with E-state index in [1.54, 1.807) is 18.5 Å². The van der Waals surface area contributed by atoms with Crippen molar-refractivity contribution in [3.8, 4) is 5.69 Å². The number of carbonyl (C=O) groups is 2. The number of hydrogen-bond acceptors (Lipinski definition) is 4. The second-order valence-corrected chi connectivity index (χ2v) is 7.70. The molecule has 2 amide bonds. The quantitative estimate of drug-likeness (QED) is 0.388. The van der Waals surface area contributed by atoms with Gasteiger partial charge in [0.15, 0.2) is 5.11 Å². The Labute approximate surface area is 186 Å². The average Bonchev–Trinajstić information content (AvgIpc) is 3.04. The molecule has 2 aromatic heterocycles. The lowest BCUT2D eigenvalue weighted by atomic mass is 10.0. The molecule has 0 saturated carbocycles. The van der Waals surface area contributed by atoms with Crippen LogP contribution in [0, 0.1) is 13.8 Å². The number of carbonyl (C=O) groups excluding carboxylic acids is 2. The van der Waals surface area contributed by atoms with Gasteiger partial charge in [0, 0.05) is 17.6 Å². The van der Waals surface area contributed by atoms with Crippen molar-refractivity contribution in [1.29, 1.82) is 0 Å².